The number of sulfonamides is 1. The molecule has 0 amide bonds. The Kier molecular flexibility index (Phi) is 3.24. The number of hydrogen-bond acceptors (Lipinski definition) is 2. The number of nitrogens with one attached hydrogen (secondary N) is 1. The summed E-state index contributed by atoms with van der Waals surface area (Å²) < 4.78 is 28.4. The maximum Gasteiger partial charge on any atom is 0.240 e. The van der Waals surface area contributed by atoms with Gasteiger partial charge in [0.25, 0.3) is 0 Å². The summed E-state index contributed by atoms with van der Waals surface area (Å²) in [6.45, 7) is 0. The average molecular weight is 330 g/mol. The molecule has 5 heteroatoms. The Balaban J connectivity index is 1.81. The van der Waals surface area contributed by atoms with E-state index in [0.717, 1.165) is 4.47 Å². The van der Waals surface area contributed by atoms with Gasteiger partial charge in [0, 0.05) is 10.5 Å². The topological polar surface area (TPSA) is 46.2 Å². The van der Waals surface area contributed by atoms with Crippen LogP contribution in [0, 0.1) is 11.8 Å². The molecular formula is C13H16BrNO2S. The molecule has 0 unspecified atom stereocenters. The largest absolute Gasteiger partial charge is 0.240 e. The maximum atomic E-state index is 12.3. The lowest BCUT2D eigenvalue weighted by Crippen LogP contribution is -2.38. The molecule has 3 nitrogen and oxygen atoms in total. The van der Waals surface area contributed by atoms with Gasteiger partial charge >= 0.3 is 0 Å². The molecule has 0 spiro atoms. The van der Waals surface area contributed by atoms with Crippen LogP contribution in [0.2, 0.25) is 0 Å². The summed E-state index contributed by atoms with van der Waals surface area (Å²) in [6, 6.07) is 7.04. The van der Waals surface area contributed by atoms with Gasteiger partial charge in [-0.05, 0) is 55.7 Å². The van der Waals surface area contributed by atoms with Crippen LogP contribution in [-0.2, 0) is 10.0 Å². The van der Waals surface area contributed by atoms with Gasteiger partial charge in [-0.25, -0.2) is 13.1 Å². The fourth-order valence-electron chi connectivity index (χ4n) is 2.37. The van der Waals surface area contributed by atoms with Crippen molar-refractivity contribution >= 4 is 26.0 Å². The van der Waals surface area contributed by atoms with E-state index < -0.39 is 10.0 Å². The summed E-state index contributed by atoms with van der Waals surface area (Å²) in [6.07, 6.45) is 4.68. The molecule has 18 heavy (non-hydrogen) atoms. The number of benzene rings is 1. The van der Waals surface area contributed by atoms with Gasteiger partial charge in [-0.1, -0.05) is 22.0 Å². The van der Waals surface area contributed by atoms with E-state index in [1.165, 1.54) is 25.7 Å². The predicted molar refractivity (Wildman–Crippen MR) is 73.7 cm³/mol. The van der Waals surface area contributed by atoms with Gasteiger partial charge in [-0.15, -0.1) is 0 Å². The van der Waals surface area contributed by atoms with Crippen molar-refractivity contribution in [2.24, 2.45) is 11.8 Å². The number of rotatable bonds is 5. The first-order valence-corrected chi connectivity index (χ1v) is 8.62. The van der Waals surface area contributed by atoms with Crippen molar-refractivity contribution in [3.05, 3.63) is 28.7 Å². The van der Waals surface area contributed by atoms with Crippen molar-refractivity contribution in [2.45, 2.75) is 36.6 Å². The molecule has 2 saturated carbocycles. The summed E-state index contributed by atoms with van der Waals surface area (Å²) in [5.74, 6) is 1.14. The monoisotopic (exact) mass is 329 g/mol. The zero-order valence-corrected chi connectivity index (χ0v) is 12.4. The van der Waals surface area contributed by atoms with Crippen LogP contribution in [-0.4, -0.2) is 14.5 Å². The van der Waals surface area contributed by atoms with Crippen LogP contribution in [0.5, 0.6) is 0 Å². The van der Waals surface area contributed by atoms with Gasteiger partial charge < -0.3 is 0 Å². The van der Waals surface area contributed by atoms with E-state index in [2.05, 4.69) is 20.7 Å². The third-order valence-electron chi connectivity index (χ3n) is 3.66. The quantitative estimate of drug-likeness (QED) is 0.902. The second kappa shape index (κ2) is 4.62. The molecule has 1 N–H and O–H groups in total. The first kappa shape index (κ1) is 12.6. The van der Waals surface area contributed by atoms with Gasteiger partial charge in [0.05, 0.1) is 4.90 Å². The minimum atomic E-state index is -3.37. The van der Waals surface area contributed by atoms with E-state index in [1.54, 1.807) is 18.2 Å². The van der Waals surface area contributed by atoms with Gasteiger partial charge in [0.15, 0.2) is 0 Å². The lowest BCUT2D eigenvalue weighted by Gasteiger charge is -2.17. The summed E-state index contributed by atoms with van der Waals surface area (Å²) in [5, 5.41) is 0. The van der Waals surface area contributed by atoms with Crippen molar-refractivity contribution in [3.8, 4) is 0 Å². The first-order valence-electron chi connectivity index (χ1n) is 6.34. The molecule has 2 fully saturated rings. The highest BCUT2D eigenvalue weighted by Crippen LogP contribution is 2.45. The Morgan fingerprint density at radius 2 is 1.78 bits per heavy atom. The van der Waals surface area contributed by atoms with Crippen molar-refractivity contribution < 1.29 is 8.42 Å². The van der Waals surface area contributed by atoms with E-state index >= 15 is 0 Å². The molecule has 0 radical (unpaired) electrons. The highest BCUT2D eigenvalue weighted by Gasteiger charge is 2.43. The molecule has 0 aliphatic heterocycles. The normalized spacial score (nSPS) is 20.3. The first-order chi connectivity index (χ1) is 8.56. The zero-order chi connectivity index (χ0) is 12.8. The Morgan fingerprint density at radius 3 is 2.28 bits per heavy atom. The molecule has 0 heterocycles. The summed E-state index contributed by atoms with van der Waals surface area (Å²) in [7, 11) is -3.37. The molecule has 0 atom stereocenters. The van der Waals surface area contributed by atoms with Crippen molar-refractivity contribution in [2.75, 3.05) is 0 Å². The zero-order valence-electron chi connectivity index (χ0n) is 9.97. The predicted octanol–water partition coefficient (Wildman–Crippen LogP) is 2.92. The molecule has 0 aromatic heterocycles. The van der Waals surface area contributed by atoms with Crippen LogP contribution in [0.25, 0.3) is 0 Å². The van der Waals surface area contributed by atoms with Crippen LogP contribution in [0.3, 0.4) is 0 Å². The van der Waals surface area contributed by atoms with Gasteiger partial charge in [-0.3, -0.25) is 0 Å². The van der Waals surface area contributed by atoms with Crippen LogP contribution >= 0.6 is 15.9 Å². The van der Waals surface area contributed by atoms with E-state index in [0.29, 0.717) is 16.7 Å². The van der Waals surface area contributed by atoms with Crippen molar-refractivity contribution in [1.29, 1.82) is 0 Å². The molecule has 3 rings (SSSR count). The fourth-order valence-corrected chi connectivity index (χ4v) is 4.34. The summed E-state index contributed by atoms with van der Waals surface area (Å²) in [5.41, 5.74) is 0. The lowest BCUT2D eigenvalue weighted by molar-refractivity contribution is 0.471. The minimum Gasteiger partial charge on any atom is -0.208 e. The second-order valence-corrected chi connectivity index (χ2v) is 7.91. The fraction of sp³-hybridized carbons (Fsp3) is 0.538. The third-order valence-corrected chi connectivity index (χ3v) is 5.61. The van der Waals surface area contributed by atoms with E-state index in [4.69, 9.17) is 0 Å². The lowest BCUT2D eigenvalue weighted by atomic mass is 10.1. The number of halogens is 1. The molecule has 0 bridgehead atoms. The van der Waals surface area contributed by atoms with Gasteiger partial charge in [-0.2, -0.15) is 0 Å². The van der Waals surface area contributed by atoms with Crippen LogP contribution in [0.1, 0.15) is 25.7 Å². The number of hydrogen-bond donors (Lipinski definition) is 1. The molecular weight excluding hydrogens is 314 g/mol. The highest BCUT2D eigenvalue weighted by atomic mass is 79.9. The smallest absolute Gasteiger partial charge is 0.208 e. The molecule has 1 aromatic carbocycles. The summed E-state index contributed by atoms with van der Waals surface area (Å²) >= 11 is 3.31. The molecule has 1 aromatic rings. The second-order valence-electron chi connectivity index (χ2n) is 5.28. The van der Waals surface area contributed by atoms with Crippen LogP contribution < -0.4 is 4.72 Å². The van der Waals surface area contributed by atoms with Crippen LogP contribution in [0.4, 0.5) is 0 Å². The highest BCUT2D eigenvalue weighted by molar-refractivity contribution is 9.10. The molecule has 98 valence electrons. The Bertz CT molecular complexity index is 538. The van der Waals surface area contributed by atoms with Gasteiger partial charge in [0.2, 0.25) is 10.0 Å². The van der Waals surface area contributed by atoms with E-state index in [-0.39, 0.29) is 6.04 Å². The molecule has 2 aliphatic rings. The molecule has 0 saturated heterocycles. The van der Waals surface area contributed by atoms with Crippen molar-refractivity contribution in [3.63, 3.8) is 0 Å². The summed E-state index contributed by atoms with van der Waals surface area (Å²) in [4.78, 5) is 0.350. The maximum absolute atomic E-state index is 12.3. The standard InChI is InChI=1S/C13H16BrNO2S/c14-11-2-1-3-12(8-11)18(16,17)15-13(9-4-5-9)10-6-7-10/h1-3,8-10,13,15H,4-7H2. The van der Waals surface area contributed by atoms with E-state index in [9.17, 15) is 8.42 Å². The van der Waals surface area contributed by atoms with Crippen molar-refractivity contribution in [1.82, 2.24) is 4.72 Å². The van der Waals surface area contributed by atoms with Gasteiger partial charge in [0.1, 0.15) is 0 Å². The minimum absolute atomic E-state index is 0.161. The molecule has 2 aliphatic carbocycles. The Hall–Kier alpha value is -0.390. The van der Waals surface area contributed by atoms with E-state index in [1.807, 2.05) is 6.07 Å². The van der Waals surface area contributed by atoms with Crippen LogP contribution in [0.15, 0.2) is 33.6 Å². The SMILES string of the molecule is O=S(=O)(NC(C1CC1)C1CC1)c1cccc(Br)c1. The third kappa shape index (κ3) is 2.78. The average Bonchev–Trinajstić information content (AvgIpc) is 3.17. The Labute approximate surface area is 116 Å². The Morgan fingerprint density at radius 1 is 1.17 bits per heavy atom.